The Morgan fingerprint density at radius 1 is 1.54 bits per heavy atom. The molecule has 0 aromatic carbocycles. The summed E-state index contributed by atoms with van der Waals surface area (Å²) in [5.41, 5.74) is 0. The summed E-state index contributed by atoms with van der Waals surface area (Å²) < 4.78 is 39.6. The van der Waals surface area contributed by atoms with Crippen molar-refractivity contribution in [3.8, 4) is 0 Å². The Kier molecular flexibility index (Phi) is 3.71. The molecule has 0 rings (SSSR count). The minimum atomic E-state index is -4.90. The summed E-state index contributed by atoms with van der Waals surface area (Å²) in [7, 11) is -2.56. The highest BCUT2D eigenvalue weighted by Crippen LogP contribution is 2.21. The molecule has 0 aromatic rings. The lowest BCUT2D eigenvalue weighted by Crippen LogP contribution is -2.38. The fraction of sp³-hybridized carbons (Fsp3) is 0.571. The molecule has 0 spiro atoms. The highest BCUT2D eigenvalue weighted by Gasteiger charge is 2.43. The highest BCUT2D eigenvalue weighted by atomic mass is 28.4. The fourth-order valence-corrected chi connectivity index (χ4v) is 2.09. The van der Waals surface area contributed by atoms with Gasteiger partial charge in [0.25, 0.3) is 8.32 Å². The summed E-state index contributed by atoms with van der Waals surface area (Å²) in [6.45, 7) is 6.43. The van der Waals surface area contributed by atoms with Crippen molar-refractivity contribution < 1.29 is 22.4 Å². The zero-order valence-electron chi connectivity index (χ0n) is 7.44. The Morgan fingerprint density at radius 2 is 2.00 bits per heavy atom. The number of alkyl halides is 3. The molecule has 0 aliphatic rings. The maximum Gasteiger partial charge on any atom is 0.489 e. The molecule has 6 heteroatoms. The second kappa shape index (κ2) is 3.95. The molecule has 0 atom stereocenters. The van der Waals surface area contributed by atoms with Crippen molar-refractivity contribution in [3.05, 3.63) is 12.7 Å². The summed E-state index contributed by atoms with van der Waals surface area (Å²) >= 11 is 0. The lowest BCUT2D eigenvalue weighted by atomic mass is 10.7. The summed E-state index contributed by atoms with van der Waals surface area (Å²) in [4.78, 5) is 10.4. The molecule has 0 radical (unpaired) electrons. The number of carbonyl (C=O) groups excluding carboxylic acids is 1. The first kappa shape index (κ1) is 12.2. The van der Waals surface area contributed by atoms with Crippen LogP contribution < -0.4 is 0 Å². The standard InChI is InChI=1S/C7H11F3O2Si/c1-4-5-13(2,3)12-6(11)7(8,9)10/h4H,1,5H2,2-3H3. The minimum absolute atomic E-state index is 0.314. The fourth-order valence-electron chi connectivity index (χ4n) is 0.698. The van der Waals surface area contributed by atoms with Crippen molar-refractivity contribution in [1.82, 2.24) is 0 Å². The van der Waals surface area contributed by atoms with E-state index in [1.165, 1.54) is 19.2 Å². The van der Waals surface area contributed by atoms with Crippen molar-refractivity contribution in [2.24, 2.45) is 0 Å². The van der Waals surface area contributed by atoms with Gasteiger partial charge in [-0.25, -0.2) is 4.79 Å². The Bertz CT molecular complexity index is 210. The molecule has 0 heterocycles. The zero-order valence-corrected chi connectivity index (χ0v) is 8.44. The summed E-state index contributed by atoms with van der Waals surface area (Å²) in [5.74, 6) is -2.11. The van der Waals surface area contributed by atoms with Gasteiger partial charge in [0.1, 0.15) is 0 Å². The lowest BCUT2D eigenvalue weighted by Gasteiger charge is -2.21. The van der Waals surface area contributed by atoms with E-state index in [1.54, 1.807) is 0 Å². The smallest absolute Gasteiger partial charge is 0.489 e. The van der Waals surface area contributed by atoms with E-state index in [-0.39, 0.29) is 0 Å². The molecule has 0 aliphatic carbocycles. The monoisotopic (exact) mass is 212 g/mol. The quantitative estimate of drug-likeness (QED) is 0.530. The summed E-state index contributed by atoms with van der Waals surface area (Å²) in [6.07, 6.45) is -3.44. The molecule has 76 valence electrons. The van der Waals surface area contributed by atoms with Gasteiger partial charge in [-0.1, -0.05) is 6.08 Å². The number of allylic oxidation sites excluding steroid dienone is 1. The van der Waals surface area contributed by atoms with E-state index in [0.717, 1.165) is 0 Å². The van der Waals surface area contributed by atoms with E-state index < -0.39 is 20.5 Å². The van der Waals surface area contributed by atoms with Crippen LogP contribution in [0.1, 0.15) is 0 Å². The van der Waals surface area contributed by atoms with Crippen LogP contribution >= 0.6 is 0 Å². The van der Waals surface area contributed by atoms with Crippen LogP contribution in [0.2, 0.25) is 19.1 Å². The van der Waals surface area contributed by atoms with Gasteiger partial charge < -0.3 is 4.43 Å². The van der Waals surface area contributed by atoms with Crippen LogP contribution in [-0.4, -0.2) is 20.5 Å². The number of hydrogen-bond acceptors (Lipinski definition) is 2. The van der Waals surface area contributed by atoms with Gasteiger partial charge in [-0.3, -0.25) is 0 Å². The lowest BCUT2D eigenvalue weighted by molar-refractivity contribution is -0.190. The summed E-state index contributed by atoms with van der Waals surface area (Å²) in [6, 6.07) is 0.314. The Hall–Kier alpha value is -0.783. The second-order valence-corrected chi connectivity index (χ2v) is 7.27. The maximum absolute atomic E-state index is 11.7. The van der Waals surface area contributed by atoms with Gasteiger partial charge in [0, 0.05) is 0 Å². The predicted molar refractivity (Wildman–Crippen MR) is 44.6 cm³/mol. The van der Waals surface area contributed by atoms with Crippen molar-refractivity contribution in [1.29, 1.82) is 0 Å². The SMILES string of the molecule is C=CC[Si](C)(C)OC(=O)C(F)(F)F. The molecule has 0 N–H and O–H groups in total. The molecule has 2 nitrogen and oxygen atoms in total. The zero-order chi connectivity index (χ0) is 10.7. The first-order chi connectivity index (χ1) is 5.69. The molecule has 0 bridgehead atoms. The molecule has 0 amide bonds. The van der Waals surface area contributed by atoms with Gasteiger partial charge in [0.15, 0.2) is 0 Å². The largest absolute Gasteiger partial charge is 0.513 e. The van der Waals surface area contributed by atoms with Gasteiger partial charge in [-0.05, 0) is 19.1 Å². The molecule has 13 heavy (non-hydrogen) atoms. The topological polar surface area (TPSA) is 26.3 Å². The van der Waals surface area contributed by atoms with Crippen LogP contribution in [0.25, 0.3) is 0 Å². The minimum Gasteiger partial charge on any atom is -0.513 e. The van der Waals surface area contributed by atoms with Crippen LogP contribution in [0.15, 0.2) is 12.7 Å². The van der Waals surface area contributed by atoms with Gasteiger partial charge in [-0.2, -0.15) is 13.2 Å². The normalized spacial score (nSPS) is 12.4. The molecule has 0 aliphatic heterocycles. The maximum atomic E-state index is 11.7. The van der Waals surface area contributed by atoms with Crippen molar-refractivity contribution in [2.45, 2.75) is 25.3 Å². The molecular formula is C7H11F3O2Si. The van der Waals surface area contributed by atoms with Crippen LogP contribution in [0.3, 0.4) is 0 Å². The van der Waals surface area contributed by atoms with E-state index in [9.17, 15) is 18.0 Å². The third kappa shape index (κ3) is 4.71. The first-order valence-electron chi connectivity index (χ1n) is 3.60. The molecule has 0 saturated carbocycles. The van der Waals surface area contributed by atoms with Crippen molar-refractivity contribution >= 4 is 14.3 Å². The third-order valence-corrected chi connectivity index (χ3v) is 3.25. The Labute approximate surface area is 75.5 Å². The average Bonchev–Trinajstić information content (AvgIpc) is 1.83. The predicted octanol–water partition coefficient (Wildman–Crippen LogP) is 2.48. The van der Waals surface area contributed by atoms with E-state index in [2.05, 4.69) is 11.0 Å². The Morgan fingerprint density at radius 3 is 2.31 bits per heavy atom. The van der Waals surface area contributed by atoms with Crippen LogP contribution in [0.4, 0.5) is 13.2 Å². The molecule has 0 saturated heterocycles. The molecule has 0 unspecified atom stereocenters. The summed E-state index contributed by atoms with van der Waals surface area (Å²) in [5, 5.41) is 0. The van der Waals surface area contributed by atoms with E-state index in [4.69, 9.17) is 0 Å². The number of carbonyl (C=O) groups is 1. The third-order valence-electron chi connectivity index (χ3n) is 1.24. The van der Waals surface area contributed by atoms with Gasteiger partial charge in [0.2, 0.25) is 0 Å². The van der Waals surface area contributed by atoms with Gasteiger partial charge >= 0.3 is 12.1 Å². The molecular weight excluding hydrogens is 201 g/mol. The first-order valence-corrected chi connectivity index (χ1v) is 6.71. The second-order valence-electron chi connectivity index (χ2n) is 3.14. The van der Waals surface area contributed by atoms with Crippen LogP contribution in [0, 0.1) is 0 Å². The number of hydrogen-bond donors (Lipinski definition) is 0. The van der Waals surface area contributed by atoms with E-state index in [1.807, 2.05) is 0 Å². The Balaban J connectivity index is 4.28. The van der Waals surface area contributed by atoms with E-state index in [0.29, 0.717) is 6.04 Å². The van der Waals surface area contributed by atoms with Crippen molar-refractivity contribution in [2.75, 3.05) is 0 Å². The molecule has 0 fully saturated rings. The van der Waals surface area contributed by atoms with Gasteiger partial charge in [0.05, 0.1) is 0 Å². The van der Waals surface area contributed by atoms with E-state index >= 15 is 0 Å². The average molecular weight is 212 g/mol. The molecule has 0 aromatic heterocycles. The van der Waals surface area contributed by atoms with Crippen LogP contribution in [-0.2, 0) is 9.22 Å². The van der Waals surface area contributed by atoms with Crippen LogP contribution in [0.5, 0.6) is 0 Å². The van der Waals surface area contributed by atoms with Gasteiger partial charge in [-0.15, -0.1) is 6.58 Å². The highest BCUT2D eigenvalue weighted by molar-refractivity contribution is 6.73. The van der Waals surface area contributed by atoms with Crippen molar-refractivity contribution in [3.63, 3.8) is 0 Å². The number of halogens is 3. The number of rotatable bonds is 3.